The number of thioether (sulfide) groups is 1. The van der Waals surface area contributed by atoms with E-state index in [0.29, 0.717) is 5.82 Å². The van der Waals surface area contributed by atoms with Crippen molar-refractivity contribution >= 4 is 23.4 Å². The van der Waals surface area contributed by atoms with Gasteiger partial charge in [0.1, 0.15) is 17.5 Å². The van der Waals surface area contributed by atoms with Gasteiger partial charge in [-0.05, 0) is 19.1 Å². The van der Waals surface area contributed by atoms with Gasteiger partial charge in [0.05, 0.1) is 0 Å². The van der Waals surface area contributed by atoms with E-state index < -0.39 is 0 Å². The van der Waals surface area contributed by atoms with Crippen molar-refractivity contribution in [3.05, 3.63) is 11.4 Å². The number of hydrogen-bond donors (Lipinski definition) is 3. The summed E-state index contributed by atoms with van der Waals surface area (Å²) in [5.41, 5.74) is 6.75. The second kappa shape index (κ2) is 8.16. The molecule has 1 aromatic heterocycles. The fraction of sp³-hybridized carbons (Fsp3) is 0.667. The molecule has 0 bridgehead atoms. The van der Waals surface area contributed by atoms with Crippen LogP contribution in [0.1, 0.15) is 24.7 Å². The Bertz CT molecular complexity index is 373. The van der Waals surface area contributed by atoms with Gasteiger partial charge in [0.15, 0.2) is 0 Å². The van der Waals surface area contributed by atoms with Crippen LogP contribution in [0.5, 0.6) is 0 Å². The summed E-state index contributed by atoms with van der Waals surface area (Å²) < 4.78 is 0. The van der Waals surface area contributed by atoms with Gasteiger partial charge in [-0.3, -0.25) is 0 Å². The van der Waals surface area contributed by atoms with Crippen LogP contribution in [0.15, 0.2) is 0 Å². The van der Waals surface area contributed by atoms with E-state index >= 15 is 0 Å². The Morgan fingerprint density at radius 2 is 2.11 bits per heavy atom. The van der Waals surface area contributed by atoms with Gasteiger partial charge in [-0.2, -0.15) is 11.8 Å². The first-order valence-electron chi connectivity index (χ1n) is 6.24. The Morgan fingerprint density at radius 3 is 2.78 bits per heavy atom. The predicted molar refractivity (Wildman–Crippen MR) is 78.1 cm³/mol. The van der Waals surface area contributed by atoms with Crippen LogP contribution < -0.4 is 11.1 Å². The third kappa shape index (κ3) is 4.70. The van der Waals surface area contributed by atoms with Gasteiger partial charge in [-0.15, -0.1) is 0 Å². The van der Waals surface area contributed by atoms with Crippen molar-refractivity contribution in [2.24, 2.45) is 0 Å². The Labute approximate surface area is 113 Å². The molecule has 6 heteroatoms. The zero-order chi connectivity index (χ0) is 13.4. The van der Waals surface area contributed by atoms with Crippen LogP contribution in [0.2, 0.25) is 0 Å². The Morgan fingerprint density at radius 1 is 1.33 bits per heavy atom. The Kier molecular flexibility index (Phi) is 6.82. The highest BCUT2D eigenvalue weighted by Gasteiger charge is 2.06. The molecular weight excluding hydrogens is 248 g/mol. The number of hydrogen-bond acceptors (Lipinski definition) is 6. The molecule has 0 saturated carbocycles. The van der Waals surface area contributed by atoms with Gasteiger partial charge < -0.3 is 16.2 Å². The van der Waals surface area contributed by atoms with Crippen molar-refractivity contribution in [1.82, 2.24) is 9.97 Å². The van der Waals surface area contributed by atoms with Crippen LogP contribution in [0.3, 0.4) is 0 Å². The maximum Gasteiger partial charge on any atom is 0.134 e. The summed E-state index contributed by atoms with van der Waals surface area (Å²) in [4.78, 5) is 8.65. The number of nitrogens with zero attached hydrogens (tertiary/aromatic N) is 2. The number of anilines is 2. The molecule has 0 radical (unpaired) electrons. The van der Waals surface area contributed by atoms with Crippen molar-refractivity contribution in [1.29, 1.82) is 0 Å². The predicted octanol–water partition coefficient (Wildman–Crippen LogP) is 1.46. The van der Waals surface area contributed by atoms with Crippen LogP contribution >= 0.6 is 11.8 Å². The highest BCUT2D eigenvalue weighted by atomic mass is 32.2. The number of aromatic nitrogens is 2. The van der Waals surface area contributed by atoms with Gasteiger partial charge in [0, 0.05) is 30.9 Å². The van der Waals surface area contributed by atoms with Crippen LogP contribution in [0.25, 0.3) is 0 Å². The normalized spacial score (nSPS) is 10.6. The van der Waals surface area contributed by atoms with Crippen molar-refractivity contribution in [2.75, 3.05) is 35.7 Å². The summed E-state index contributed by atoms with van der Waals surface area (Å²) in [7, 11) is 0. The van der Waals surface area contributed by atoms with Crippen LogP contribution in [-0.4, -0.2) is 39.7 Å². The molecule has 4 N–H and O–H groups in total. The quantitative estimate of drug-likeness (QED) is 0.620. The monoisotopic (exact) mass is 270 g/mol. The highest BCUT2D eigenvalue weighted by Crippen LogP contribution is 2.17. The zero-order valence-corrected chi connectivity index (χ0v) is 11.9. The second-order valence-corrected chi connectivity index (χ2v) is 5.19. The summed E-state index contributed by atoms with van der Waals surface area (Å²) >= 11 is 1.82. The van der Waals surface area contributed by atoms with Crippen LogP contribution in [-0.2, 0) is 6.42 Å². The number of nitrogen functional groups attached to an aromatic ring is 1. The molecule has 0 saturated heterocycles. The van der Waals surface area contributed by atoms with E-state index in [9.17, 15) is 0 Å². The van der Waals surface area contributed by atoms with Crippen LogP contribution in [0, 0.1) is 6.92 Å². The number of nitrogens with two attached hydrogens (primary N) is 1. The van der Waals surface area contributed by atoms with E-state index in [2.05, 4.69) is 15.3 Å². The average molecular weight is 270 g/mol. The Hall–Kier alpha value is -1.01. The lowest BCUT2D eigenvalue weighted by molar-refractivity contribution is 0.296. The lowest BCUT2D eigenvalue weighted by Crippen LogP contribution is -2.11. The molecule has 1 rings (SSSR count). The summed E-state index contributed by atoms with van der Waals surface area (Å²) in [6.07, 6.45) is 1.63. The van der Waals surface area contributed by atoms with Crippen molar-refractivity contribution in [3.63, 3.8) is 0 Å². The summed E-state index contributed by atoms with van der Waals surface area (Å²) in [5, 5.41) is 12.0. The maximum absolute atomic E-state index is 8.67. The van der Waals surface area contributed by atoms with E-state index in [1.165, 1.54) is 0 Å². The molecule has 0 spiro atoms. The number of aliphatic hydroxyl groups is 1. The first-order chi connectivity index (χ1) is 8.69. The van der Waals surface area contributed by atoms with Crippen molar-refractivity contribution in [3.8, 4) is 0 Å². The van der Waals surface area contributed by atoms with E-state index in [-0.39, 0.29) is 6.61 Å². The van der Waals surface area contributed by atoms with E-state index in [4.69, 9.17) is 10.8 Å². The third-order valence-electron chi connectivity index (χ3n) is 2.53. The number of aryl methyl sites for hydroxylation is 1. The average Bonchev–Trinajstić information content (AvgIpc) is 2.38. The molecule has 5 nitrogen and oxygen atoms in total. The van der Waals surface area contributed by atoms with Crippen LogP contribution in [0.4, 0.5) is 11.6 Å². The zero-order valence-electron chi connectivity index (χ0n) is 11.1. The topological polar surface area (TPSA) is 84.1 Å². The molecular formula is C12H22N4OS. The molecule has 0 aliphatic rings. The molecule has 0 aromatic carbocycles. The highest BCUT2D eigenvalue weighted by molar-refractivity contribution is 7.99. The maximum atomic E-state index is 8.67. The fourth-order valence-electron chi connectivity index (χ4n) is 1.42. The van der Waals surface area contributed by atoms with Gasteiger partial charge in [-0.1, -0.05) is 6.92 Å². The molecule has 18 heavy (non-hydrogen) atoms. The lowest BCUT2D eigenvalue weighted by Gasteiger charge is -2.11. The van der Waals surface area contributed by atoms with E-state index in [1.54, 1.807) is 0 Å². The fourth-order valence-corrected chi connectivity index (χ4v) is 2.21. The van der Waals surface area contributed by atoms with Gasteiger partial charge in [-0.25, -0.2) is 9.97 Å². The van der Waals surface area contributed by atoms with Gasteiger partial charge in [0.2, 0.25) is 0 Å². The van der Waals surface area contributed by atoms with E-state index in [1.807, 2.05) is 25.6 Å². The summed E-state index contributed by atoms with van der Waals surface area (Å²) in [6, 6.07) is 0. The molecule has 1 heterocycles. The lowest BCUT2D eigenvalue weighted by atomic mass is 10.3. The van der Waals surface area contributed by atoms with Crippen molar-refractivity contribution in [2.45, 2.75) is 26.7 Å². The minimum atomic E-state index is 0.266. The smallest absolute Gasteiger partial charge is 0.134 e. The number of nitrogens with one attached hydrogen (secondary N) is 1. The Balaban J connectivity index is 2.44. The molecule has 1 aromatic rings. The van der Waals surface area contributed by atoms with Gasteiger partial charge >= 0.3 is 0 Å². The molecule has 0 unspecified atom stereocenters. The molecule has 0 aliphatic heterocycles. The largest absolute Gasteiger partial charge is 0.396 e. The first kappa shape index (κ1) is 15.0. The standard InChI is InChI=1S/C12H22N4OS/c1-3-10-15-11(13)9(2)12(16-10)14-5-8-18-7-4-6-17/h17H,3-8H2,1-2H3,(H3,13,14,15,16). The summed E-state index contributed by atoms with van der Waals surface area (Å²) in [5.74, 6) is 4.14. The molecule has 0 fully saturated rings. The first-order valence-corrected chi connectivity index (χ1v) is 7.40. The minimum absolute atomic E-state index is 0.266. The van der Waals surface area contributed by atoms with E-state index in [0.717, 1.165) is 48.1 Å². The second-order valence-electron chi connectivity index (χ2n) is 3.97. The third-order valence-corrected chi connectivity index (χ3v) is 3.60. The number of aliphatic hydroxyl groups excluding tert-OH is 1. The summed E-state index contributed by atoms with van der Waals surface area (Å²) in [6.45, 7) is 5.05. The number of rotatable bonds is 8. The molecule has 0 aliphatic carbocycles. The van der Waals surface area contributed by atoms with Gasteiger partial charge in [0.25, 0.3) is 0 Å². The van der Waals surface area contributed by atoms with Crippen molar-refractivity contribution < 1.29 is 5.11 Å². The molecule has 102 valence electrons. The molecule has 0 amide bonds. The SMILES string of the molecule is CCc1nc(N)c(C)c(NCCSCCCO)n1. The minimum Gasteiger partial charge on any atom is -0.396 e. The molecule has 0 atom stereocenters.